The molecule has 0 radical (unpaired) electrons. The quantitative estimate of drug-likeness (QED) is 0.0466. The maximum atomic E-state index is 13.9. The lowest BCUT2D eigenvalue weighted by molar-refractivity contribution is -0.144. The van der Waals surface area contributed by atoms with Crippen LogP contribution in [0.15, 0.2) is 53.0 Å². The molecule has 402 valence electrons. The molecule has 4 aromatic rings. The smallest absolute Gasteiger partial charge is 0.276 e. The molecule has 3 fully saturated rings. The Kier molecular flexibility index (Phi) is 19.4. The number of amides is 4. The summed E-state index contributed by atoms with van der Waals surface area (Å²) in [7, 11) is 0. The number of fused-ring (bicyclic) bond motifs is 2. The first-order valence-corrected chi connectivity index (χ1v) is 27.1. The molecule has 20 heteroatoms. The Morgan fingerprint density at radius 3 is 2.11 bits per heavy atom. The van der Waals surface area contributed by atoms with Gasteiger partial charge in [-0.1, -0.05) is 58.9 Å². The van der Waals surface area contributed by atoms with E-state index in [9.17, 15) is 24.0 Å². The average molecular weight is 1040 g/mol. The van der Waals surface area contributed by atoms with E-state index < -0.39 is 23.2 Å². The second-order valence-corrected chi connectivity index (χ2v) is 21.3. The van der Waals surface area contributed by atoms with Crippen LogP contribution in [0.1, 0.15) is 120 Å². The standard InChI is InChI=1S/C52H70N10O9S.C2H6/c1-34-29-38(48(66)62-43(34)47(65)60-52(62)17-15-51(13-14-51)16-18-52)58-41-30-40(55-32-56-41)53-19-22-69-24-26-71-28-27-70-25-23-68-21-12-42(63)59-45(50(3,4)5)49(67)61-20-6-7-39(61)46(64)54-31-36-8-10-37(11-9-36)44-35(2)57-33-72-44;1-2/h8-11,29-30,32-33,39,45H,6-7,12-28,31H2,1-5H3,(H,54,64)(H,59,63)(H,60,65)(H2,53,55,56,58);1-2H3/t39-,45?;/m0./s1. The molecule has 2 aliphatic heterocycles. The van der Waals surface area contributed by atoms with Gasteiger partial charge in [0.15, 0.2) is 0 Å². The van der Waals surface area contributed by atoms with Gasteiger partial charge in [-0.2, -0.15) is 0 Å². The minimum Gasteiger partial charge on any atom is -0.379 e. The third-order valence-corrected chi connectivity index (χ3v) is 15.2. The number of aryl methyl sites for hydroxylation is 2. The number of hydrogen-bond acceptors (Lipinski definition) is 15. The second kappa shape index (κ2) is 25.6. The number of likely N-dealkylation sites (tertiary alicyclic amines) is 1. The summed E-state index contributed by atoms with van der Waals surface area (Å²) in [5.74, 6) is 0.0621. The van der Waals surface area contributed by atoms with Crippen LogP contribution in [0.5, 0.6) is 0 Å². The molecule has 0 bridgehead atoms. The highest BCUT2D eigenvalue weighted by Crippen LogP contribution is 2.59. The zero-order valence-corrected chi connectivity index (χ0v) is 45.1. The minimum atomic E-state index is -0.813. The fourth-order valence-electron chi connectivity index (χ4n) is 9.92. The summed E-state index contributed by atoms with van der Waals surface area (Å²) in [5.41, 5.74) is 5.30. The van der Waals surface area contributed by atoms with Crippen LogP contribution in [-0.4, -0.2) is 126 Å². The Balaban J connectivity index is 0.00000395. The molecule has 5 heterocycles. The Morgan fingerprint density at radius 2 is 1.47 bits per heavy atom. The fourth-order valence-corrected chi connectivity index (χ4v) is 10.7. The normalized spacial score (nSPS) is 17.5. The number of thiazole rings is 1. The molecule has 74 heavy (non-hydrogen) atoms. The van der Waals surface area contributed by atoms with Crippen molar-refractivity contribution < 1.29 is 38.1 Å². The van der Waals surface area contributed by atoms with Gasteiger partial charge in [-0.15, -0.1) is 11.3 Å². The molecule has 8 rings (SSSR count). The minimum absolute atomic E-state index is 0.0724. The topological polar surface area (TPSA) is 229 Å². The van der Waals surface area contributed by atoms with Crippen molar-refractivity contribution >= 4 is 52.3 Å². The predicted octanol–water partition coefficient (Wildman–Crippen LogP) is 6.61. The number of nitrogens with zero attached hydrogens (tertiary/aromatic N) is 5. The molecule has 2 spiro atoms. The van der Waals surface area contributed by atoms with E-state index in [0.29, 0.717) is 107 Å². The van der Waals surface area contributed by atoms with Gasteiger partial charge in [-0.05, 0) is 98.8 Å². The van der Waals surface area contributed by atoms with Gasteiger partial charge in [-0.3, -0.25) is 28.5 Å². The number of nitrogens with one attached hydrogen (secondary N) is 5. The van der Waals surface area contributed by atoms with E-state index in [1.54, 1.807) is 32.9 Å². The van der Waals surface area contributed by atoms with Gasteiger partial charge >= 0.3 is 0 Å². The fraction of sp³-hybridized carbons (Fsp3) is 0.593. The van der Waals surface area contributed by atoms with E-state index in [-0.39, 0.29) is 42.2 Å². The van der Waals surface area contributed by atoms with Crippen LogP contribution in [-0.2, 0) is 45.5 Å². The van der Waals surface area contributed by atoms with Crippen LogP contribution in [0.2, 0.25) is 0 Å². The van der Waals surface area contributed by atoms with Crippen molar-refractivity contribution in [3.05, 3.63) is 81.1 Å². The maximum absolute atomic E-state index is 13.9. The molecule has 5 N–H and O–H groups in total. The van der Waals surface area contributed by atoms with Gasteiger partial charge in [0.1, 0.15) is 47.1 Å². The number of ether oxygens (including phenoxy) is 4. The molecule has 4 aliphatic rings. The van der Waals surface area contributed by atoms with Crippen molar-refractivity contribution in [3.63, 3.8) is 0 Å². The van der Waals surface area contributed by atoms with Crippen molar-refractivity contribution in [2.45, 2.75) is 131 Å². The molecule has 3 aromatic heterocycles. The van der Waals surface area contributed by atoms with Crippen LogP contribution in [0.4, 0.5) is 17.3 Å². The highest BCUT2D eigenvalue weighted by molar-refractivity contribution is 7.13. The van der Waals surface area contributed by atoms with E-state index in [1.165, 1.54) is 19.2 Å². The summed E-state index contributed by atoms with van der Waals surface area (Å²) in [6.07, 6.45) is 8.77. The maximum Gasteiger partial charge on any atom is 0.276 e. The Labute approximate surface area is 438 Å². The van der Waals surface area contributed by atoms with Gasteiger partial charge in [-0.25, -0.2) is 15.0 Å². The predicted molar refractivity (Wildman–Crippen MR) is 284 cm³/mol. The SMILES string of the molecule is CC.Cc1cc(Nc2cc(NCCOCCOCCOCCOCCC(=O)NC(C(=O)N3CCC[C@H]3C(=O)NCc3ccc(-c4scnc4C)cc3)C(C)(C)C)ncn2)c(=O)n2c1C(=O)NC21CCC2(CC2)CC1. The van der Waals surface area contributed by atoms with Crippen LogP contribution < -0.4 is 32.1 Å². The van der Waals surface area contributed by atoms with E-state index in [0.717, 1.165) is 52.9 Å². The summed E-state index contributed by atoms with van der Waals surface area (Å²) < 4.78 is 24.3. The largest absolute Gasteiger partial charge is 0.379 e. The monoisotopic (exact) mass is 1040 g/mol. The summed E-state index contributed by atoms with van der Waals surface area (Å²) in [6, 6.07) is 10.1. The Morgan fingerprint density at radius 1 is 0.838 bits per heavy atom. The number of carbonyl (C=O) groups is 4. The van der Waals surface area contributed by atoms with Crippen molar-refractivity contribution in [2.24, 2.45) is 10.8 Å². The van der Waals surface area contributed by atoms with E-state index in [4.69, 9.17) is 18.9 Å². The van der Waals surface area contributed by atoms with E-state index >= 15 is 0 Å². The average Bonchev–Trinajstić information content (AvgIpc) is 3.63. The van der Waals surface area contributed by atoms with Gasteiger partial charge in [0, 0.05) is 32.1 Å². The van der Waals surface area contributed by atoms with Crippen molar-refractivity contribution in [1.82, 2.24) is 40.4 Å². The highest BCUT2D eigenvalue weighted by atomic mass is 32.1. The molecule has 1 unspecified atom stereocenters. The van der Waals surface area contributed by atoms with E-state index in [2.05, 4.69) is 41.5 Å². The van der Waals surface area contributed by atoms with Crippen molar-refractivity contribution in [1.29, 1.82) is 0 Å². The van der Waals surface area contributed by atoms with Gasteiger partial charge < -0.3 is 50.4 Å². The number of anilines is 3. The summed E-state index contributed by atoms with van der Waals surface area (Å²) in [5, 5.41) is 15.5. The lowest BCUT2D eigenvalue weighted by Crippen LogP contribution is -2.57. The van der Waals surface area contributed by atoms with Gasteiger partial charge in [0.05, 0.1) is 68.9 Å². The Hall–Kier alpha value is -5.80. The summed E-state index contributed by atoms with van der Waals surface area (Å²) in [4.78, 5) is 83.0. The number of carbonyl (C=O) groups excluding carboxylic acids is 4. The van der Waals surface area contributed by atoms with Crippen molar-refractivity contribution in [3.8, 4) is 10.4 Å². The molecule has 2 atom stereocenters. The van der Waals surface area contributed by atoms with Crippen molar-refractivity contribution in [2.75, 3.05) is 76.6 Å². The van der Waals surface area contributed by atoms with Crippen LogP contribution in [0.3, 0.4) is 0 Å². The van der Waals surface area contributed by atoms with Gasteiger partial charge in [0.2, 0.25) is 17.7 Å². The lowest BCUT2D eigenvalue weighted by Gasteiger charge is -2.39. The number of benzene rings is 1. The molecule has 1 aromatic carbocycles. The van der Waals surface area contributed by atoms with E-state index in [1.807, 2.05) is 78.2 Å². The zero-order valence-electron chi connectivity index (χ0n) is 44.2. The number of pyridine rings is 1. The number of aromatic nitrogens is 4. The third kappa shape index (κ3) is 14.1. The zero-order chi connectivity index (χ0) is 52.9. The first-order valence-electron chi connectivity index (χ1n) is 26.3. The molecular weight excluding hydrogens is 965 g/mol. The molecule has 2 saturated carbocycles. The van der Waals surface area contributed by atoms with Crippen LogP contribution in [0.25, 0.3) is 10.4 Å². The summed E-state index contributed by atoms with van der Waals surface area (Å²) >= 11 is 1.59. The molecular formula is C54H76N10O9S. The number of hydrogen-bond donors (Lipinski definition) is 5. The lowest BCUT2D eigenvalue weighted by atomic mass is 9.79. The first kappa shape index (κ1) is 55.9. The van der Waals surface area contributed by atoms with Crippen LogP contribution in [0, 0.1) is 24.7 Å². The second-order valence-electron chi connectivity index (χ2n) is 20.5. The Bertz CT molecular complexity index is 2600. The van der Waals surface area contributed by atoms with Gasteiger partial charge in [0.25, 0.3) is 11.5 Å². The third-order valence-electron chi connectivity index (χ3n) is 14.2. The molecule has 2 aliphatic carbocycles. The molecule has 4 amide bonds. The number of rotatable bonds is 24. The highest BCUT2D eigenvalue weighted by Gasteiger charge is 2.54. The molecule has 19 nitrogen and oxygen atoms in total. The molecule has 1 saturated heterocycles. The van der Waals surface area contributed by atoms with Crippen LogP contribution >= 0.6 is 11.3 Å². The summed E-state index contributed by atoms with van der Waals surface area (Å²) in [6.45, 7) is 17.6. The first-order chi connectivity index (χ1) is 35.7.